The molecule has 0 atom stereocenters. The van der Waals surface area contributed by atoms with Gasteiger partial charge < -0.3 is 10.1 Å². The van der Waals surface area contributed by atoms with E-state index in [4.69, 9.17) is 4.74 Å². The molecule has 6 nitrogen and oxygen atoms in total. The van der Waals surface area contributed by atoms with Gasteiger partial charge in [0.2, 0.25) is 11.8 Å². The zero-order valence-electron chi connectivity index (χ0n) is 16.4. The first-order valence-corrected chi connectivity index (χ1v) is 9.81. The van der Waals surface area contributed by atoms with E-state index in [1.54, 1.807) is 29.5 Å². The van der Waals surface area contributed by atoms with Crippen LogP contribution in [-0.2, 0) is 9.59 Å². The number of para-hydroxylation sites is 1. The molecule has 0 radical (unpaired) electrons. The zero-order valence-corrected chi connectivity index (χ0v) is 17.2. The summed E-state index contributed by atoms with van der Waals surface area (Å²) in [7, 11) is 1.56. The Morgan fingerprint density at radius 2 is 1.93 bits per heavy atom. The summed E-state index contributed by atoms with van der Waals surface area (Å²) in [5.41, 5.74) is 2.96. The van der Waals surface area contributed by atoms with Crippen LogP contribution < -0.4 is 15.0 Å². The number of rotatable bonds is 6. The quantitative estimate of drug-likeness (QED) is 0.596. The second-order valence-electron chi connectivity index (χ2n) is 6.27. The number of benzene rings is 2. The average molecular weight is 407 g/mol. The molecular formula is C22H21N3O3S. The highest BCUT2D eigenvalue weighted by molar-refractivity contribution is 7.14. The monoisotopic (exact) mass is 407 g/mol. The first-order valence-electron chi connectivity index (χ1n) is 8.93. The van der Waals surface area contributed by atoms with Crippen molar-refractivity contribution >= 4 is 45.7 Å². The lowest BCUT2D eigenvalue weighted by molar-refractivity contribution is -0.116. The number of thiazole rings is 1. The number of hydrogen-bond acceptors (Lipinski definition) is 5. The summed E-state index contributed by atoms with van der Waals surface area (Å²) in [6.07, 6.45) is 3.02. The van der Waals surface area contributed by atoms with Crippen LogP contribution in [0.3, 0.4) is 0 Å². The molecular weight excluding hydrogens is 386 g/mol. The molecule has 0 aliphatic heterocycles. The number of nitrogens with zero attached hydrogens (tertiary/aromatic N) is 2. The van der Waals surface area contributed by atoms with Crippen LogP contribution in [0.15, 0.2) is 60.0 Å². The Hall–Kier alpha value is -3.45. The van der Waals surface area contributed by atoms with E-state index in [2.05, 4.69) is 10.3 Å². The highest BCUT2D eigenvalue weighted by Crippen LogP contribution is 2.29. The Balaban J connectivity index is 1.74. The SMILES string of the molecule is COc1ccc(C)cc1NC(=O)C=Cc1csc(N(C(C)=O)c2ccccc2)n1. The fourth-order valence-corrected chi connectivity index (χ4v) is 3.57. The van der Waals surface area contributed by atoms with E-state index in [9.17, 15) is 9.59 Å². The third kappa shape index (κ3) is 5.08. The minimum Gasteiger partial charge on any atom is -0.495 e. The van der Waals surface area contributed by atoms with Gasteiger partial charge in [0.05, 0.1) is 24.2 Å². The third-order valence-corrected chi connectivity index (χ3v) is 4.89. The number of carbonyl (C=O) groups excluding carboxylic acids is 2. The number of amides is 2. The number of nitrogens with one attached hydrogen (secondary N) is 1. The van der Waals surface area contributed by atoms with Gasteiger partial charge >= 0.3 is 0 Å². The molecule has 0 spiro atoms. The van der Waals surface area contributed by atoms with Crippen LogP contribution in [-0.4, -0.2) is 23.9 Å². The van der Waals surface area contributed by atoms with Crippen molar-refractivity contribution < 1.29 is 14.3 Å². The molecule has 0 bridgehead atoms. The topological polar surface area (TPSA) is 71.5 Å². The maximum absolute atomic E-state index is 12.3. The summed E-state index contributed by atoms with van der Waals surface area (Å²) in [6, 6.07) is 14.9. The Kier molecular flexibility index (Phi) is 6.41. The lowest BCUT2D eigenvalue weighted by atomic mass is 10.2. The summed E-state index contributed by atoms with van der Waals surface area (Å²) in [5.74, 6) is 0.161. The van der Waals surface area contributed by atoms with Crippen LogP contribution in [0.5, 0.6) is 5.75 Å². The zero-order chi connectivity index (χ0) is 20.8. The second kappa shape index (κ2) is 9.16. The fourth-order valence-electron chi connectivity index (χ4n) is 2.71. The molecule has 0 aliphatic carbocycles. The molecule has 148 valence electrons. The normalized spacial score (nSPS) is 10.7. The van der Waals surface area contributed by atoms with Crippen molar-refractivity contribution in [1.29, 1.82) is 0 Å². The maximum Gasteiger partial charge on any atom is 0.248 e. The van der Waals surface area contributed by atoms with Gasteiger partial charge in [-0.05, 0) is 42.8 Å². The Bertz CT molecular complexity index is 1040. The number of anilines is 3. The molecule has 1 heterocycles. The van der Waals surface area contributed by atoms with E-state index in [1.165, 1.54) is 24.3 Å². The van der Waals surface area contributed by atoms with Crippen molar-refractivity contribution in [3.05, 3.63) is 71.2 Å². The van der Waals surface area contributed by atoms with Gasteiger partial charge in [-0.2, -0.15) is 0 Å². The highest BCUT2D eigenvalue weighted by atomic mass is 32.1. The summed E-state index contributed by atoms with van der Waals surface area (Å²) >= 11 is 1.34. The van der Waals surface area contributed by atoms with Gasteiger partial charge in [-0.25, -0.2) is 4.98 Å². The summed E-state index contributed by atoms with van der Waals surface area (Å²) < 4.78 is 5.27. The van der Waals surface area contributed by atoms with Gasteiger partial charge in [0.15, 0.2) is 5.13 Å². The van der Waals surface area contributed by atoms with Crippen molar-refractivity contribution in [3.8, 4) is 5.75 Å². The van der Waals surface area contributed by atoms with E-state index in [0.29, 0.717) is 22.3 Å². The molecule has 7 heteroatoms. The van der Waals surface area contributed by atoms with Gasteiger partial charge in [0.25, 0.3) is 0 Å². The maximum atomic E-state index is 12.3. The van der Waals surface area contributed by atoms with Crippen molar-refractivity contribution in [3.63, 3.8) is 0 Å². The van der Waals surface area contributed by atoms with E-state index in [1.807, 2.05) is 49.4 Å². The Morgan fingerprint density at radius 3 is 2.62 bits per heavy atom. The molecule has 3 rings (SSSR count). The van der Waals surface area contributed by atoms with Crippen LogP contribution in [0.4, 0.5) is 16.5 Å². The smallest absolute Gasteiger partial charge is 0.248 e. The summed E-state index contributed by atoms with van der Waals surface area (Å²) in [6.45, 7) is 3.43. The predicted molar refractivity (Wildman–Crippen MR) is 117 cm³/mol. The summed E-state index contributed by atoms with van der Waals surface area (Å²) in [5, 5.41) is 5.15. The molecule has 0 aliphatic rings. The fraction of sp³-hybridized carbons (Fsp3) is 0.136. The van der Waals surface area contributed by atoms with Crippen molar-refractivity contribution in [2.45, 2.75) is 13.8 Å². The number of ether oxygens (including phenoxy) is 1. The van der Waals surface area contributed by atoms with Crippen LogP contribution >= 0.6 is 11.3 Å². The van der Waals surface area contributed by atoms with Gasteiger partial charge in [0.1, 0.15) is 5.75 Å². The molecule has 0 saturated heterocycles. The molecule has 0 saturated carbocycles. The van der Waals surface area contributed by atoms with Gasteiger partial charge in [0, 0.05) is 18.4 Å². The average Bonchev–Trinajstić information content (AvgIpc) is 3.16. The molecule has 29 heavy (non-hydrogen) atoms. The molecule has 2 aromatic carbocycles. The molecule has 1 N–H and O–H groups in total. The van der Waals surface area contributed by atoms with E-state index < -0.39 is 0 Å². The van der Waals surface area contributed by atoms with E-state index in [-0.39, 0.29) is 11.8 Å². The standard InChI is InChI=1S/C22H21N3O3S/c1-15-9-11-20(28-3)19(13-15)24-21(27)12-10-17-14-29-22(23-17)25(16(2)26)18-7-5-4-6-8-18/h4-14H,1-3H3,(H,24,27). The Labute approximate surface area is 173 Å². The second-order valence-corrected chi connectivity index (χ2v) is 7.11. The number of aromatic nitrogens is 1. The minimum absolute atomic E-state index is 0.134. The highest BCUT2D eigenvalue weighted by Gasteiger charge is 2.17. The first kappa shape index (κ1) is 20.3. The molecule has 2 amide bonds. The van der Waals surface area contributed by atoms with Crippen molar-refractivity contribution in [1.82, 2.24) is 4.98 Å². The number of carbonyl (C=O) groups is 2. The number of aryl methyl sites for hydroxylation is 1. The van der Waals surface area contributed by atoms with E-state index >= 15 is 0 Å². The summed E-state index contributed by atoms with van der Waals surface area (Å²) in [4.78, 5) is 30.4. The first-order chi connectivity index (χ1) is 14.0. The molecule has 0 unspecified atom stereocenters. The number of methoxy groups -OCH3 is 1. The van der Waals surface area contributed by atoms with Crippen molar-refractivity contribution in [2.24, 2.45) is 0 Å². The van der Waals surface area contributed by atoms with Gasteiger partial charge in [-0.15, -0.1) is 11.3 Å². The van der Waals surface area contributed by atoms with Gasteiger partial charge in [-0.1, -0.05) is 24.3 Å². The molecule has 0 fully saturated rings. The lowest BCUT2D eigenvalue weighted by Crippen LogP contribution is -2.22. The van der Waals surface area contributed by atoms with Crippen LogP contribution in [0, 0.1) is 6.92 Å². The van der Waals surface area contributed by atoms with Crippen LogP contribution in [0.2, 0.25) is 0 Å². The van der Waals surface area contributed by atoms with E-state index in [0.717, 1.165) is 11.3 Å². The largest absolute Gasteiger partial charge is 0.495 e. The van der Waals surface area contributed by atoms with Crippen LogP contribution in [0.25, 0.3) is 6.08 Å². The number of hydrogen-bond donors (Lipinski definition) is 1. The van der Waals surface area contributed by atoms with Crippen molar-refractivity contribution in [2.75, 3.05) is 17.3 Å². The molecule has 3 aromatic rings. The van der Waals surface area contributed by atoms with Gasteiger partial charge in [-0.3, -0.25) is 14.5 Å². The van der Waals surface area contributed by atoms with Crippen LogP contribution in [0.1, 0.15) is 18.2 Å². The third-order valence-electron chi connectivity index (χ3n) is 4.05. The lowest BCUT2D eigenvalue weighted by Gasteiger charge is -2.17. The molecule has 1 aromatic heterocycles. The predicted octanol–water partition coefficient (Wildman–Crippen LogP) is 4.80. The minimum atomic E-state index is -0.296. The Morgan fingerprint density at radius 1 is 1.17 bits per heavy atom.